The highest BCUT2D eigenvalue weighted by atomic mass is 16.5. The molecule has 3 unspecified atom stereocenters. The Morgan fingerprint density at radius 1 is 1.44 bits per heavy atom. The third-order valence-corrected chi connectivity index (χ3v) is 4.21. The molecule has 0 aromatic rings. The quantitative estimate of drug-likeness (QED) is 0.402. The summed E-state index contributed by atoms with van der Waals surface area (Å²) in [6.45, 7) is 10.1. The molecule has 1 rings (SSSR count). The van der Waals surface area contributed by atoms with Crippen molar-refractivity contribution in [3.8, 4) is 0 Å². The standard InChI is InChI=1S/C16H26O2/c1-5-7-10-15-13(6-2)9-8-11-14(15)12(3)16(17)18-4/h6,13-15H,2-3,5,7-11H2,1,4H3. The molecule has 0 saturated heterocycles. The molecule has 2 nitrogen and oxygen atoms in total. The molecule has 0 amide bonds. The van der Waals surface area contributed by atoms with Gasteiger partial charge in [-0.25, -0.2) is 4.79 Å². The van der Waals surface area contributed by atoms with E-state index in [2.05, 4.69) is 26.2 Å². The summed E-state index contributed by atoms with van der Waals surface area (Å²) in [4.78, 5) is 11.7. The summed E-state index contributed by atoms with van der Waals surface area (Å²) in [5.41, 5.74) is 0.658. The van der Waals surface area contributed by atoms with Crippen LogP contribution in [0.3, 0.4) is 0 Å². The van der Waals surface area contributed by atoms with Crippen molar-refractivity contribution in [3.05, 3.63) is 24.8 Å². The van der Waals surface area contributed by atoms with Crippen LogP contribution in [0.4, 0.5) is 0 Å². The minimum Gasteiger partial charge on any atom is -0.466 e. The SMILES string of the molecule is C=CC1CCCC(C(=C)C(=O)OC)C1CCCC. The number of esters is 1. The van der Waals surface area contributed by atoms with E-state index in [4.69, 9.17) is 4.74 Å². The second-order valence-corrected chi connectivity index (χ2v) is 5.26. The van der Waals surface area contributed by atoms with Gasteiger partial charge in [0.15, 0.2) is 0 Å². The fourth-order valence-electron chi connectivity index (χ4n) is 3.16. The highest BCUT2D eigenvalue weighted by Gasteiger charge is 2.34. The van der Waals surface area contributed by atoms with Crippen molar-refractivity contribution in [1.29, 1.82) is 0 Å². The Bertz CT molecular complexity index is 306. The zero-order valence-electron chi connectivity index (χ0n) is 11.8. The van der Waals surface area contributed by atoms with E-state index in [9.17, 15) is 4.79 Å². The molecule has 0 heterocycles. The molecule has 0 bridgehead atoms. The molecular weight excluding hydrogens is 224 g/mol. The Morgan fingerprint density at radius 2 is 2.17 bits per heavy atom. The molecule has 1 saturated carbocycles. The minimum atomic E-state index is -0.244. The van der Waals surface area contributed by atoms with Crippen LogP contribution in [0.2, 0.25) is 0 Å². The summed E-state index contributed by atoms with van der Waals surface area (Å²) in [6, 6.07) is 0. The Balaban J connectivity index is 2.80. The molecule has 18 heavy (non-hydrogen) atoms. The summed E-state index contributed by atoms with van der Waals surface area (Å²) < 4.78 is 4.82. The maximum atomic E-state index is 11.7. The number of hydrogen-bond donors (Lipinski definition) is 0. The van der Waals surface area contributed by atoms with Crippen molar-refractivity contribution in [1.82, 2.24) is 0 Å². The number of ether oxygens (including phenoxy) is 1. The number of methoxy groups -OCH3 is 1. The maximum Gasteiger partial charge on any atom is 0.333 e. The van der Waals surface area contributed by atoms with Crippen molar-refractivity contribution in [2.45, 2.75) is 45.4 Å². The fraction of sp³-hybridized carbons (Fsp3) is 0.688. The number of hydrogen-bond acceptors (Lipinski definition) is 2. The Hall–Kier alpha value is -1.05. The van der Waals surface area contributed by atoms with Crippen LogP contribution in [-0.4, -0.2) is 13.1 Å². The molecule has 0 aromatic heterocycles. The van der Waals surface area contributed by atoms with Gasteiger partial charge in [-0.15, -0.1) is 6.58 Å². The Kier molecular flexibility index (Phi) is 6.17. The molecule has 1 aliphatic carbocycles. The number of unbranched alkanes of at least 4 members (excludes halogenated alkanes) is 1. The largest absolute Gasteiger partial charge is 0.466 e. The van der Waals surface area contributed by atoms with Gasteiger partial charge in [0.25, 0.3) is 0 Å². The summed E-state index contributed by atoms with van der Waals surface area (Å²) in [5.74, 6) is 1.08. The molecule has 1 fully saturated rings. The van der Waals surface area contributed by atoms with Gasteiger partial charge in [0.05, 0.1) is 7.11 Å². The van der Waals surface area contributed by atoms with E-state index in [0.29, 0.717) is 17.4 Å². The van der Waals surface area contributed by atoms with E-state index < -0.39 is 0 Å². The lowest BCUT2D eigenvalue weighted by molar-refractivity contribution is -0.137. The minimum absolute atomic E-state index is 0.244. The van der Waals surface area contributed by atoms with Crippen molar-refractivity contribution < 1.29 is 9.53 Å². The van der Waals surface area contributed by atoms with Crippen LogP contribution in [0.25, 0.3) is 0 Å². The molecule has 1 aliphatic rings. The number of allylic oxidation sites excluding steroid dienone is 1. The predicted molar refractivity (Wildman–Crippen MR) is 75.2 cm³/mol. The smallest absolute Gasteiger partial charge is 0.333 e. The van der Waals surface area contributed by atoms with E-state index in [0.717, 1.165) is 19.3 Å². The average Bonchev–Trinajstić information content (AvgIpc) is 2.42. The molecule has 0 radical (unpaired) electrons. The van der Waals surface area contributed by atoms with E-state index in [-0.39, 0.29) is 11.9 Å². The monoisotopic (exact) mass is 250 g/mol. The fourth-order valence-corrected chi connectivity index (χ4v) is 3.16. The van der Waals surface area contributed by atoms with Crippen molar-refractivity contribution >= 4 is 5.97 Å². The molecule has 0 aliphatic heterocycles. The first-order valence-corrected chi connectivity index (χ1v) is 7.05. The molecule has 102 valence electrons. The van der Waals surface area contributed by atoms with E-state index in [1.54, 1.807) is 0 Å². The second kappa shape index (κ2) is 7.40. The van der Waals surface area contributed by atoms with Crippen LogP contribution in [0.15, 0.2) is 24.8 Å². The van der Waals surface area contributed by atoms with Gasteiger partial charge in [0.2, 0.25) is 0 Å². The third-order valence-electron chi connectivity index (χ3n) is 4.21. The van der Waals surface area contributed by atoms with Gasteiger partial charge in [0.1, 0.15) is 0 Å². The first-order chi connectivity index (χ1) is 8.65. The van der Waals surface area contributed by atoms with Gasteiger partial charge in [-0.2, -0.15) is 0 Å². The lowest BCUT2D eigenvalue weighted by atomic mass is 9.67. The highest BCUT2D eigenvalue weighted by molar-refractivity contribution is 5.88. The van der Waals surface area contributed by atoms with Crippen LogP contribution in [0.5, 0.6) is 0 Å². The molecule has 0 spiro atoms. The van der Waals surface area contributed by atoms with Gasteiger partial charge in [-0.05, 0) is 37.0 Å². The summed E-state index contributed by atoms with van der Waals surface area (Å²) in [7, 11) is 1.43. The van der Waals surface area contributed by atoms with E-state index in [1.807, 2.05) is 0 Å². The van der Waals surface area contributed by atoms with Crippen LogP contribution in [-0.2, 0) is 9.53 Å². The Labute approximate surface area is 111 Å². The van der Waals surface area contributed by atoms with Gasteiger partial charge in [-0.1, -0.05) is 38.8 Å². The highest BCUT2D eigenvalue weighted by Crippen LogP contribution is 2.42. The van der Waals surface area contributed by atoms with Gasteiger partial charge in [0, 0.05) is 5.57 Å². The van der Waals surface area contributed by atoms with Crippen molar-refractivity contribution in [2.24, 2.45) is 17.8 Å². The Morgan fingerprint density at radius 3 is 2.72 bits per heavy atom. The topological polar surface area (TPSA) is 26.3 Å². The van der Waals surface area contributed by atoms with Crippen molar-refractivity contribution in [2.75, 3.05) is 7.11 Å². The van der Waals surface area contributed by atoms with Gasteiger partial charge < -0.3 is 4.74 Å². The summed E-state index contributed by atoms with van der Waals surface area (Å²) in [5, 5.41) is 0. The number of rotatable bonds is 6. The number of carbonyl (C=O) groups is 1. The predicted octanol–water partition coefficient (Wildman–Crippen LogP) is 4.12. The molecule has 3 atom stereocenters. The van der Waals surface area contributed by atoms with E-state index >= 15 is 0 Å². The van der Waals surface area contributed by atoms with Crippen LogP contribution < -0.4 is 0 Å². The summed E-state index contributed by atoms with van der Waals surface area (Å²) >= 11 is 0. The molecule has 0 N–H and O–H groups in total. The van der Waals surface area contributed by atoms with Crippen LogP contribution in [0.1, 0.15) is 45.4 Å². The lowest BCUT2D eigenvalue weighted by Gasteiger charge is -2.37. The normalized spacial score (nSPS) is 27.6. The third kappa shape index (κ3) is 3.47. The van der Waals surface area contributed by atoms with E-state index in [1.165, 1.54) is 26.4 Å². The lowest BCUT2D eigenvalue weighted by Crippen LogP contribution is -2.31. The van der Waals surface area contributed by atoms with Gasteiger partial charge in [-0.3, -0.25) is 0 Å². The second-order valence-electron chi connectivity index (χ2n) is 5.26. The zero-order valence-corrected chi connectivity index (χ0v) is 11.8. The maximum absolute atomic E-state index is 11.7. The first-order valence-electron chi connectivity index (χ1n) is 7.05. The average molecular weight is 250 g/mol. The molecule has 2 heteroatoms. The molecule has 0 aromatic carbocycles. The van der Waals surface area contributed by atoms with Gasteiger partial charge >= 0.3 is 5.97 Å². The van der Waals surface area contributed by atoms with Crippen LogP contribution >= 0.6 is 0 Å². The zero-order chi connectivity index (χ0) is 13.5. The molecular formula is C16H26O2. The summed E-state index contributed by atoms with van der Waals surface area (Å²) in [6.07, 6.45) is 9.04. The van der Waals surface area contributed by atoms with Crippen LogP contribution in [0, 0.1) is 17.8 Å². The first kappa shape index (κ1) is 15.0. The van der Waals surface area contributed by atoms with Crippen molar-refractivity contribution in [3.63, 3.8) is 0 Å². The number of carbonyl (C=O) groups excluding carboxylic acids is 1.